The maximum Gasteiger partial charge on any atom is 0.236 e. The van der Waals surface area contributed by atoms with Crippen LogP contribution in [-0.4, -0.2) is 38.3 Å². The van der Waals surface area contributed by atoms with Crippen molar-refractivity contribution in [1.29, 1.82) is 0 Å². The Balaban J connectivity index is 2.21. The number of hydrogen-bond donors (Lipinski definition) is 2. The zero-order valence-electron chi connectivity index (χ0n) is 12.0. The fourth-order valence-electron chi connectivity index (χ4n) is 2.54. The first kappa shape index (κ1) is 15.4. The molecule has 0 heterocycles. The topological polar surface area (TPSA) is 50.4 Å². The van der Waals surface area contributed by atoms with E-state index < -0.39 is 0 Å². The van der Waals surface area contributed by atoms with Crippen molar-refractivity contribution in [3.8, 4) is 0 Å². The second kappa shape index (κ2) is 8.48. The molecule has 1 fully saturated rings. The lowest BCUT2D eigenvalue weighted by Gasteiger charge is -2.31. The third-order valence-corrected chi connectivity index (χ3v) is 3.79. The van der Waals surface area contributed by atoms with E-state index in [1.807, 2.05) is 6.92 Å². The Hall–Kier alpha value is -0.610. The fourth-order valence-corrected chi connectivity index (χ4v) is 2.54. The van der Waals surface area contributed by atoms with Gasteiger partial charge in [0.2, 0.25) is 5.91 Å². The van der Waals surface area contributed by atoms with Crippen molar-refractivity contribution in [2.45, 2.75) is 58.0 Å². The molecule has 0 saturated heterocycles. The minimum absolute atomic E-state index is 0.0990. The first-order chi connectivity index (χ1) is 8.65. The van der Waals surface area contributed by atoms with Gasteiger partial charge in [0, 0.05) is 26.3 Å². The number of ether oxygens (including phenoxy) is 1. The molecule has 0 aliphatic heterocycles. The van der Waals surface area contributed by atoms with Crippen LogP contribution in [0.15, 0.2) is 0 Å². The van der Waals surface area contributed by atoms with Gasteiger partial charge in [-0.15, -0.1) is 0 Å². The molecule has 0 radical (unpaired) electrons. The summed E-state index contributed by atoms with van der Waals surface area (Å²) >= 11 is 0. The van der Waals surface area contributed by atoms with Crippen molar-refractivity contribution < 1.29 is 9.53 Å². The molecule has 1 aliphatic carbocycles. The molecule has 0 unspecified atom stereocenters. The molecule has 4 heteroatoms. The highest BCUT2D eigenvalue weighted by molar-refractivity contribution is 5.81. The van der Waals surface area contributed by atoms with E-state index >= 15 is 0 Å². The molecule has 1 amide bonds. The Kier molecular flexibility index (Phi) is 7.28. The van der Waals surface area contributed by atoms with Gasteiger partial charge in [0.25, 0.3) is 0 Å². The van der Waals surface area contributed by atoms with E-state index in [-0.39, 0.29) is 11.9 Å². The Morgan fingerprint density at radius 2 is 2.11 bits per heavy atom. The number of carbonyl (C=O) groups is 1. The molecule has 0 bridgehead atoms. The van der Waals surface area contributed by atoms with Gasteiger partial charge >= 0.3 is 0 Å². The molecule has 1 saturated carbocycles. The molecule has 0 aromatic heterocycles. The molecule has 0 aromatic rings. The lowest BCUT2D eigenvalue weighted by Crippen LogP contribution is -2.49. The van der Waals surface area contributed by atoms with Crippen LogP contribution in [0.4, 0.5) is 0 Å². The lowest BCUT2D eigenvalue weighted by molar-refractivity contribution is -0.123. The van der Waals surface area contributed by atoms with E-state index in [4.69, 9.17) is 4.74 Å². The van der Waals surface area contributed by atoms with Crippen LogP contribution in [-0.2, 0) is 9.53 Å². The highest BCUT2D eigenvalue weighted by atomic mass is 16.5. The van der Waals surface area contributed by atoms with Crippen molar-refractivity contribution in [1.82, 2.24) is 10.6 Å². The van der Waals surface area contributed by atoms with Crippen molar-refractivity contribution in [2.75, 3.05) is 20.3 Å². The van der Waals surface area contributed by atoms with Crippen LogP contribution in [0.5, 0.6) is 0 Å². The SMILES string of the molecule is COCCCNC(=O)[C@H](C)N[C@H]1CCCC[C@H]1C. The van der Waals surface area contributed by atoms with Gasteiger partial charge in [-0.2, -0.15) is 0 Å². The minimum Gasteiger partial charge on any atom is -0.385 e. The standard InChI is InChI=1S/C14H28N2O2/c1-11-7-4-5-8-13(11)16-12(2)14(17)15-9-6-10-18-3/h11-13,16H,4-10H2,1-3H3,(H,15,17)/t11-,12+,13+/m1/s1. The molecular weight excluding hydrogens is 228 g/mol. The van der Waals surface area contributed by atoms with Crippen LogP contribution in [0.2, 0.25) is 0 Å². The third kappa shape index (κ3) is 5.36. The quantitative estimate of drug-likeness (QED) is 0.682. The molecule has 0 spiro atoms. The summed E-state index contributed by atoms with van der Waals surface area (Å²) in [4.78, 5) is 11.9. The summed E-state index contributed by atoms with van der Waals surface area (Å²) in [6.07, 6.45) is 5.96. The second-order valence-electron chi connectivity index (χ2n) is 5.39. The second-order valence-corrected chi connectivity index (χ2v) is 5.39. The zero-order chi connectivity index (χ0) is 13.4. The summed E-state index contributed by atoms with van der Waals surface area (Å²) in [5.74, 6) is 0.784. The summed E-state index contributed by atoms with van der Waals surface area (Å²) in [6, 6.07) is 0.400. The van der Waals surface area contributed by atoms with Crippen molar-refractivity contribution in [3.63, 3.8) is 0 Å². The van der Waals surface area contributed by atoms with Crippen molar-refractivity contribution in [2.24, 2.45) is 5.92 Å². The van der Waals surface area contributed by atoms with Crippen molar-refractivity contribution in [3.05, 3.63) is 0 Å². The predicted molar refractivity (Wildman–Crippen MR) is 73.5 cm³/mol. The number of carbonyl (C=O) groups excluding carboxylic acids is 1. The highest BCUT2D eigenvalue weighted by Gasteiger charge is 2.24. The Morgan fingerprint density at radius 3 is 2.78 bits per heavy atom. The number of amides is 1. The monoisotopic (exact) mass is 256 g/mol. The first-order valence-electron chi connectivity index (χ1n) is 7.18. The van der Waals surface area contributed by atoms with Gasteiger partial charge in [0.1, 0.15) is 0 Å². The highest BCUT2D eigenvalue weighted by Crippen LogP contribution is 2.23. The van der Waals surface area contributed by atoms with Gasteiger partial charge in [-0.25, -0.2) is 0 Å². The van der Waals surface area contributed by atoms with Crippen molar-refractivity contribution >= 4 is 5.91 Å². The van der Waals surface area contributed by atoms with Gasteiger partial charge in [-0.05, 0) is 32.1 Å². The molecule has 4 nitrogen and oxygen atoms in total. The van der Waals surface area contributed by atoms with Crippen LogP contribution >= 0.6 is 0 Å². The van der Waals surface area contributed by atoms with E-state index in [9.17, 15) is 4.79 Å². The molecule has 18 heavy (non-hydrogen) atoms. The molecular formula is C14H28N2O2. The largest absolute Gasteiger partial charge is 0.385 e. The summed E-state index contributed by atoms with van der Waals surface area (Å²) in [6.45, 7) is 5.62. The summed E-state index contributed by atoms with van der Waals surface area (Å²) in [7, 11) is 1.68. The van der Waals surface area contributed by atoms with Gasteiger partial charge in [-0.3, -0.25) is 4.79 Å². The van der Waals surface area contributed by atoms with E-state index in [0.29, 0.717) is 25.1 Å². The van der Waals surface area contributed by atoms with Crippen LogP contribution in [0.25, 0.3) is 0 Å². The predicted octanol–water partition coefficient (Wildman–Crippen LogP) is 1.70. The fraction of sp³-hybridized carbons (Fsp3) is 0.929. The van der Waals surface area contributed by atoms with E-state index in [1.54, 1.807) is 7.11 Å². The van der Waals surface area contributed by atoms with E-state index in [2.05, 4.69) is 17.6 Å². The Bertz CT molecular complexity index is 246. The zero-order valence-corrected chi connectivity index (χ0v) is 12.0. The average molecular weight is 256 g/mol. The van der Waals surface area contributed by atoms with E-state index in [0.717, 1.165) is 6.42 Å². The average Bonchev–Trinajstić information content (AvgIpc) is 2.37. The van der Waals surface area contributed by atoms with Crippen LogP contribution in [0.1, 0.15) is 46.0 Å². The molecule has 1 rings (SSSR count). The number of rotatable bonds is 7. The molecule has 3 atom stereocenters. The molecule has 2 N–H and O–H groups in total. The van der Waals surface area contributed by atoms with Crippen LogP contribution in [0, 0.1) is 5.92 Å². The summed E-state index contributed by atoms with van der Waals surface area (Å²) < 4.78 is 4.95. The third-order valence-electron chi connectivity index (χ3n) is 3.79. The summed E-state index contributed by atoms with van der Waals surface area (Å²) in [5, 5.41) is 6.41. The first-order valence-corrected chi connectivity index (χ1v) is 7.18. The molecule has 106 valence electrons. The maximum atomic E-state index is 11.9. The van der Waals surface area contributed by atoms with Crippen LogP contribution in [0.3, 0.4) is 0 Å². The van der Waals surface area contributed by atoms with Gasteiger partial charge in [-0.1, -0.05) is 19.8 Å². The van der Waals surface area contributed by atoms with Crippen LogP contribution < -0.4 is 10.6 Å². The Labute approximate surface area is 111 Å². The maximum absolute atomic E-state index is 11.9. The van der Waals surface area contributed by atoms with Gasteiger partial charge in [0.05, 0.1) is 6.04 Å². The Morgan fingerprint density at radius 1 is 1.39 bits per heavy atom. The normalized spacial score (nSPS) is 25.7. The van der Waals surface area contributed by atoms with E-state index in [1.165, 1.54) is 25.7 Å². The lowest BCUT2D eigenvalue weighted by atomic mass is 9.85. The molecule has 0 aromatic carbocycles. The minimum atomic E-state index is -0.0990. The van der Waals surface area contributed by atoms with Gasteiger partial charge in [0.15, 0.2) is 0 Å². The summed E-state index contributed by atoms with van der Waals surface area (Å²) in [5.41, 5.74) is 0. The number of methoxy groups -OCH3 is 1. The number of nitrogens with one attached hydrogen (secondary N) is 2. The molecule has 1 aliphatic rings. The smallest absolute Gasteiger partial charge is 0.236 e. The van der Waals surface area contributed by atoms with Gasteiger partial charge < -0.3 is 15.4 Å². The number of hydrogen-bond acceptors (Lipinski definition) is 3.